The zero-order valence-electron chi connectivity index (χ0n) is 11.4. The third-order valence-electron chi connectivity index (χ3n) is 3.66. The number of carboxylic acids is 1. The summed E-state index contributed by atoms with van der Waals surface area (Å²) < 4.78 is 0. The minimum Gasteiger partial charge on any atom is -0.481 e. The Kier molecular flexibility index (Phi) is 3.88. The van der Waals surface area contributed by atoms with E-state index in [2.05, 4.69) is 4.98 Å². The highest BCUT2D eigenvalue weighted by atomic mass is 32.2. The topological polar surface area (TPSA) is 73.4 Å². The van der Waals surface area contributed by atoms with Crippen LogP contribution in [0.1, 0.15) is 16.9 Å². The summed E-state index contributed by atoms with van der Waals surface area (Å²) in [7, 11) is 0. The van der Waals surface area contributed by atoms with Gasteiger partial charge >= 0.3 is 5.97 Å². The molecule has 2 aromatic rings. The van der Waals surface area contributed by atoms with E-state index in [4.69, 9.17) is 5.11 Å². The van der Waals surface area contributed by atoms with Crippen molar-refractivity contribution in [2.75, 3.05) is 18.1 Å². The number of hydrogen-bond acceptors (Lipinski definition) is 3. The minimum absolute atomic E-state index is 0.00102. The number of benzene rings is 1. The number of rotatable bonds is 3. The Labute approximate surface area is 126 Å². The molecule has 3 rings (SSSR count). The van der Waals surface area contributed by atoms with Crippen LogP contribution in [0.3, 0.4) is 0 Å². The van der Waals surface area contributed by atoms with Crippen LogP contribution < -0.4 is 0 Å². The lowest BCUT2D eigenvalue weighted by molar-refractivity contribution is -0.138. The van der Waals surface area contributed by atoms with E-state index in [-0.39, 0.29) is 18.4 Å². The number of carbonyl (C=O) groups is 2. The molecule has 1 saturated heterocycles. The molecule has 1 aromatic carbocycles. The summed E-state index contributed by atoms with van der Waals surface area (Å²) in [5.74, 6) is 0.551. The standard InChI is InChI=1S/C15H16N2O3S/c18-14(19)8-11-9-21-6-5-17(11)15(20)13-7-10-3-1-2-4-12(10)16-13/h1-4,7,11,16H,5-6,8-9H2,(H,18,19). The van der Waals surface area contributed by atoms with Crippen molar-refractivity contribution in [2.45, 2.75) is 12.5 Å². The molecule has 1 aliphatic rings. The summed E-state index contributed by atoms with van der Waals surface area (Å²) in [6.45, 7) is 0.594. The summed E-state index contributed by atoms with van der Waals surface area (Å²) in [5.41, 5.74) is 1.44. The van der Waals surface area contributed by atoms with Gasteiger partial charge in [-0.3, -0.25) is 9.59 Å². The highest BCUT2D eigenvalue weighted by molar-refractivity contribution is 7.99. The van der Waals surface area contributed by atoms with E-state index in [1.165, 1.54) is 0 Å². The van der Waals surface area contributed by atoms with E-state index in [1.807, 2.05) is 30.3 Å². The number of aliphatic carboxylic acids is 1. The Morgan fingerprint density at radius 3 is 2.95 bits per heavy atom. The molecule has 1 fully saturated rings. The van der Waals surface area contributed by atoms with Gasteiger partial charge in [-0.25, -0.2) is 0 Å². The third-order valence-corrected chi connectivity index (χ3v) is 4.75. The summed E-state index contributed by atoms with van der Waals surface area (Å²) >= 11 is 1.70. The molecule has 0 radical (unpaired) electrons. The molecule has 1 unspecified atom stereocenters. The molecule has 21 heavy (non-hydrogen) atoms. The molecule has 5 nitrogen and oxygen atoms in total. The van der Waals surface area contributed by atoms with Crippen molar-refractivity contribution in [1.29, 1.82) is 0 Å². The fourth-order valence-corrected chi connectivity index (χ4v) is 3.70. The largest absolute Gasteiger partial charge is 0.481 e. The maximum absolute atomic E-state index is 12.7. The monoisotopic (exact) mass is 304 g/mol. The van der Waals surface area contributed by atoms with E-state index in [0.717, 1.165) is 16.7 Å². The second-order valence-electron chi connectivity index (χ2n) is 5.10. The van der Waals surface area contributed by atoms with Crippen molar-refractivity contribution in [3.63, 3.8) is 0 Å². The maximum atomic E-state index is 12.7. The number of aromatic amines is 1. The molecule has 0 aliphatic carbocycles. The van der Waals surface area contributed by atoms with Crippen LogP contribution in [-0.4, -0.2) is 51.0 Å². The number of nitrogens with one attached hydrogen (secondary N) is 1. The van der Waals surface area contributed by atoms with Crippen molar-refractivity contribution >= 4 is 34.5 Å². The fraction of sp³-hybridized carbons (Fsp3) is 0.333. The molecule has 0 bridgehead atoms. The maximum Gasteiger partial charge on any atom is 0.305 e. The summed E-state index contributed by atoms with van der Waals surface area (Å²) in [5, 5.41) is 9.98. The van der Waals surface area contributed by atoms with Gasteiger partial charge in [0.25, 0.3) is 5.91 Å². The molecule has 1 amide bonds. The molecule has 0 spiro atoms. The zero-order chi connectivity index (χ0) is 14.8. The van der Waals surface area contributed by atoms with Gasteiger partial charge in [-0.2, -0.15) is 11.8 Å². The van der Waals surface area contributed by atoms with Crippen LogP contribution >= 0.6 is 11.8 Å². The molecule has 0 saturated carbocycles. The van der Waals surface area contributed by atoms with Crippen molar-refractivity contribution in [1.82, 2.24) is 9.88 Å². The first-order valence-corrected chi connectivity index (χ1v) is 7.99. The number of nitrogens with zero attached hydrogens (tertiary/aromatic N) is 1. The van der Waals surface area contributed by atoms with E-state index in [1.54, 1.807) is 16.7 Å². The zero-order valence-corrected chi connectivity index (χ0v) is 12.2. The second-order valence-corrected chi connectivity index (χ2v) is 6.25. The Balaban J connectivity index is 1.86. The minimum atomic E-state index is -0.864. The van der Waals surface area contributed by atoms with Gasteiger partial charge in [-0.1, -0.05) is 18.2 Å². The highest BCUT2D eigenvalue weighted by Crippen LogP contribution is 2.23. The lowest BCUT2D eigenvalue weighted by atomic mass is 10.1. The number of para-hydroxylation sites is 1. The molecule has 1 atom stereocenters. The number of hydrogen-bond donors (Lipinski definition) is 2. The normalized spacial score (nSPS) is 18.9. The van der Waals surface area contributed by atoms with E-state index < -0.39 is 5.97 Å². The van der Waals surface area contributed by atoms with Crippen LogP contribution in [0.4, 0.5) is 0 Å². The number of H-pyrrole nitrogens is 1. The number of thioether (sulfide) groups is 1. The van der Waals surface area contributed by atoms with Crippen LogP contribution in [0, 0.1) is 0 Å². The van der Waals surface area contributed by atoms with Gasteiger partial charge in [0.05, 0.1) is 12.5 Å². The smallest absolute Gasteiger partial charge is 0.305 e. The van der Waals surface area contributed by atoms with Gasteiger partial charge in [-0.05, 0) is 12.1 Å². The first kappa shape index (κ1) is 14.0. The molecular formula is C15H16N2O3S. The average molecular weight is 304 g/mol. The van der Waals surface area contributed by atoms with Gasteiger partial charge in [0.15, 0.2) is 0 Å². The number of amides is 1. The second kappa shape index (κ2) is 5.81. The molecule has 110 valence electrons. The highest BCUT2D eigenvalue weighted by Gasteiger charge is 2.30. The molecule has 6 heteroatoms. The number of aromatic nitrogens is 1. The first-order chi connectivity index (χ1) is 10.1. The Morgan fingerprint density at radius 1 is 1.38 bits per heavy atom. The van der Waals surface area contributed by atoms with E-state index in [0.29, 0.717) is 18.0 Å². The molecule has 1 aromatic heterocycles. The van der Waals surface area contributed by atoms with Gasteiger partial charge in [0.1, 0.15) is 5.69 Å². The van der Waals surface area contributed by atoms with Gasteiger partial charge in [0, 0.05) is 29.0 Å². The SMILES string of the molecule is O=C(O)CC1CSCCN1C(=O)c1cc2ccccc2[nH]1. The van der Waals surface area contributed by atoms with Crippen LogP contribution in [0.5, 0.6) is 0 Å². The lowest BCUT2D eigenvalue weighted by Gasteiger charge is -2.34. The molecule has 1 aliphatic heterocycles. The molecule has 2 N–H and O–H groups in total. The summed E-state index contributed by atoms with van der Waals surface area (Å²) in [4.78, 5) is 28.4. The average Bonchev–Trinajstić information content (AvgIpc) is 2.90. The summed E-state index contributed by atoms with van der Waals surface area (Å²) in [6, 6.07) is 9.31. The number of fused-ring (bicyclic) bond motifs is 1. The predicted molar refractivity (Wildman–Crippen MR) is 82.7 cm³/mol. The lowest BCUT2D eigenvalue weighted by Crippen LogP contribution is -2.47. The molecule has 2 heterocycles. The number of carbonyl (C=O) groups excluding carboxylic acids is 1. The van der Waals surface area contributed by atoms with Crippen LogP contribution in [-0.2, 0) is 4.79 Å². The van der Waals surface area contributed by atoms with Crippen molar-refractivity contribution in [3.8, 4) is 0 Å². The number of carboxylic acid groups (broad SMARTS) is 1. The Hall–Kier alpha value is -1.95. The Morgan fingerprint density at radius 2 is 2.19 bits per heavy atom. The van der Waals surface area contributed by atoms with E-state index >= 15 is 0 Å². The van der Waals surface area contributed by atoms with Crippen LogP contribution in [0.15, 0.2) is 30.3 Å². The molecular weight excluding hydrogens is 288 g/mol. The van der Waals surface area contributed by atoms with Gasteiger partial charge in [-0.15, -0.1) is 0 Å². The van der Waals surface area contributed by atoms with Crippen molar-refractivity contribution in [3.05, 3.63) is 36.0 Å². The first-order valence-electron chi connectivity index (χ1n) is 6.83. The van der Waals surface area contributed by atoms with Crippen molar-refractivity contribution < 1.29 is 14.7 Å². The quantitative estimate of drug-likeness (QED) is 0.911. The third kappa shape index (κ3) is 2.90. The van der Waals surface area contributed by atoms with Crippen molar-refractivity contribution in [2.24, 2.45) is 0 Å². The predicted octanol–water partition coefficient (Wildman–Crippen LogP) is 2.20. The van der Waals surface area contributed by atoms with Crippen LogP contribution in [0.2, 0.25) is 0 Å². The van der Waals surface area contributed by atoms with Gasteiger partial charge in [0.2, 0.25) is 0 Å². The van der Waals surface area contributed by atoms with Crippen LogP contribution in [0.25, 0.3) is 10.9 Å². The Bertz CT molecular complexity index is 649. The summed E-state index contributed by atoms with van der Waals surface area (Å²) in [6.07, 6.45) is -0.00102. The fourth-order valence-electron chi connectivity index (χ4n) is 2.64. The van der Waals surface area contributed by atoms with E-state index in [9.17, 15) is 9.59 Å². The van der Waals surface area contributed by atoms with Gasteiger partial charge < -0.3 is 15.0 Å².